The Kier molecular flexibility index (Phi) is 6.40. The lowest BCUT2D eigenvalue weighted by atomic mass is 9.80. The molecule has 0 radical (unpaired) electrons. The number of hydrogen-bond donors (Lipinski definition) is 2. The number of amides is 3. The van der Waals surface area contributed by atoms with Crippen LogP contribution in [0.5, 0.6) is 0 Å². The molecule has 2 aliphatic heterocycles. The van der Waals surface area contributed by atoms with Gasteiger partial charge in [0.2, 0.25) is 11.8 Å². The molecule has 1 spiro atoms. The number of fused-ring (bicyclic) bond motifs is 3. The van der Waals surface area contributed by atoms with E-state index in [-0.39, 0.29) is 35.5 Å². The van der Waals surface area contributed by atoms with Gasteiger partial charge in [0.05, 0.1) is 22.0 Å². The average molecular weight is 536 g/mol. The molecule has 5 rings (SSSR count). The molecule has 3 atom stereocenters. The van der Waals surface area contributed by atoms with Crippen LogP contribution in [-0.2, 0) is 15.0 Å². The maximum absolute atomic E-state index is 14.0. The van der Waals surface area contributed by atoms with E-state index in [9.17, 15) is 24.0 Å². The Labute approximate surface area is 224 Å². The largest absolute Gasteiger partial charge is 0.350 e. The number of hydrogen-bond acceptors (Lipinski definition) is 4. The zero-order valence-corrected chi connectivity index (χ0v) is 22.0. The Morgan fingerprint density at radius 2 is 2.03 bits per heavy atom. The Bertz CT molecular complexity index is 1510. The normalized spacial score (nSPS) is 21.0. The van der Waals surface area contributed by atoms with Gasteiger partial charge < -0.3 is 20.1 Å². The summed E-state index contributed by atoms with van der Waals surface area (Å²) in [6.07, 6.45) is 0.525. The summed E-state index contributed by atoms with van der Waals surface area (Å²) in [6, 6.07) is 11.8. The van der Waals surface area contributed by atoms with Crippen molar-refractivity contribution in [1.82, 2.24) is 14.8 Å². The minimum Gasteiger partial charge on any atom is -0.350 e. The quantitative estimate of drug-likeness (QED) is 0.502. The molecule has 0 aliphatic carbocycles. The van der Waals surface area contributed by atoms with E-state index in [1.54, 1.807) is 6.07 Å². The molecule has 3 aromatic rings. The molecule has 0 saturated carbocycles. The maximum atomic E-state index is 14.0. The minimum atomic E-state index is -1.02. The Morgan fingerprint density at radius 3 is 2.74 bits per heavy atom. The average Bonchev–Trinajstić information content (AvgIpc) is 3.56. The fourth-order valence-corrected chi connectivity index (χ4v) is 5.92. The summed E-state index contributed by atoms with van der Waals surface area (Å²) in [4.78, 5) is 46.4. The number of anilines is 1. The highest BCUT2D eigenvalue weighted by atomic mass is 35.5. The van der Waals surface area contributed by atoms with Crippen LogP contribution >= 0.6 is 11.6 Å². The summed E-state index contributed by atoms with van der Waals surface area (Å²) in [7, 11) is 1.53. The number of aromatic nitrogens is 1. The molecular weight excluding hydrogens is 509 g/mol. The fraction of sp³-hybridized carbons (Fsp3) is 0.357. The van der Waals surface area contributed by atoms with E-state index in [2.05, 4.69) is 16.4 Å². The second-order valence-corrected chi connectivity index (χ2v) is 10.9. The number of rotatable bonds is 5. The van der Waals surface area contributed by atoms with Crippen molar-refractivity contribution < 1.29 is 18.8 Å². The van der Waals surface area contributed by atoms with Crippen LogP contribution in [0.2, 0.25) is 5.02 Å². The highest BCUT2D eigenvalue weighted by molar-refractivity contribution is 6.35. The fourth-order valence-electron chi connectivity index (χ4n) is 5.66. The van der Waals surface area contributed by atoms with E-state index < -0.39 is 35.1 Å². The number of nitriles is 1. The SMILES string of the molecule is CC(C)C[C@@H](C(=O)N1C[C@]2(C[C@H]1C#N)C(=O)Nc1ccccc12)N(C)C(=O)c1cc2c(Cl)cc(F)cc2[nH]1. The van der Waals surface area contributed by atoms with Gasteiger partial charge in [-0.3, -0.25) is 14.4 Å². The molecule has 0 unspecified atom stereocenters. The number of benzene rings is 2. The molecule has 10 heteroatoms. The Balaban J connectivity index is 1.46. The first kappa shape index (κ1) is 25.7. The van der Waals surface area contributed by atoms with Gasteiger partial charge in [0.25, 0.3) is 5.91 Å². The van der Waals surface area contributed by atoms with Crippen molar-refractivity contribution >= 4 is 45.9 Å². The third-order valence-electron chi connectivity index (χ3n) is 7.57. The first-order valence-electron chi connectivity index (χ1n) is 12.4. The van der Waals surface area contributed by atoms with Gasteiger partial charge in [0.1, 0.15) is 23.6 Å². The lowest BCUT2D eigenvalue weighted by Crippen LogP contribution is -2.52. The molecule has 8 nitrogen and oxygen atoms in total. The standard InChI is InChI=1S/C28H27ClFN5O3/c1-15(2)8-24(34(3)25(36)23-11-18-20(29)9-16(30)10-22(18)32-23)26(37)35-14-28(12-17(35)13-31)19-6-4-5-7-21(19)33-27(28)38/h4-7,9-11,15,17,24,32H,8,12,14H2,1-3H3,(H,33,38)/t17-,24-,28-/m0/s1. The smallest absolute Gasteiger partial charge is 0.270 e. The lowest BCUT2D eigenvalue weighted by molar-refractivity contribution is -0.136. The number of halogens is 2. The van der Waals surface area contributed by atoms with Crippen molar-refractivity contribution in [3.8, 4) is 6.07 Å². The topological polar surface area (TPSA) is 109 Å². The number of para-hydroxylation sites is 1. The Hall–Kier alpha value is -3.90. The monoisotopic (exact) mass is 535 g/mol. The molecule has 3 heterocycles. The molecule has 1 aromatic heterocycles. The number of nitrogens with zero attached hydrogens (tertiary/aromatic N) is 3. The summed E-state index contributed by atoms with van der Waals surface area (Å²) in [5, 5.41) is 13.5. The van der Waals surface area contributed by atoms with Gasteiger partial charge >= 0.3 is 0 Å². The number of likely N-dealkylation sites (tertiary alicyclic amines) is 1. The molecule has 1 saturated heterocycles. The van der Waals surface area contributed by atoms with E-state index in [0.717, 1.165) is 5.56 Å². The third kappa shape index (κ3) is 4.09. The van der Waals surface area contributed by atoms with Crippen molar-refractivity contribution in [2.24, 2.45) is 5.92 Å². The maximum Gasteiger partial charge on any atom is 0.270 e. The number of carbonyl (C=O) groups excluding carboxylic acids is 3. The van der Waals surface area contributed by atoms with Crippen molar-refractivity contribution in [1.29, 1.82) is 5.26 Å². The second kappa shape index (κ2) is 9.44. The molecule has 3 amide bonds. The highest BCUT2D eigenvalue weighted by Crippen LogP contribution is 2.46. The first-order chi connectivity index (χ1) is 18.1. The van der Waals surface area contributed by atoms with E-state index in [0.29, 0.717) is 23.0 Å². The van der Waals surface area contributed by atoms with Gasteiger partial charge in [-0.2, -0.15) is 5.26 Å². The Morgan fingerprint density at radius 1 is 1.29 bits per heavy atom. The first-order valence-corrected chi connectivity index (χ1v) is 12.8. The van der Waals surface area contributed by atoms with Crippen molar-refractivity contribution in [2.45, 2.75) is 44.2 Å². The number of likely N-dealkylation sites (N-methyl/N-ethyl adjacent to an activating group) is 1. The van der Waals surface area contributed by atoms with Crippen molar-refractivity contribution in [3.05, 3.63) is 64.6 Å². The van der Waals surface area contributed by atoms with E-state index >= 15 is 0 Å². The summed E-state index contributed by atoms with van der Waals surface area (Å²) in [5.41, 5.74) is 0.970. The van der Waals surface area contributed by atoms with E-state index in [4.69, 9.17) is 11.6 Å². The second-order valence-electron chi connectivity index (χ2n) is 10.5. The summed E-state index contributed by atoms with van der Waals surface area (Å²) in [6.45, 7) is 3.93. The van der Waals surface area contributed by atoms with Crippen LogP contribution in [0.4, 0.5) is 10.1 Å². The summed E-state index contributed by atoms with van der Waals surface area (Å²) < 4.78 is 13.8. The number of nitrogens with one attached hydrogen (secondary N) is 2. The van der Waals surface area contributed by atoms with E-state index in [1.165, 1.54) is 35.0 Å². The van der Waals surface area contributed by atoms with Gasteiger partial charge in [-0.25, -0.2) is 4.39 Å². The van der Waals surface area contributed by atoms with Crippen LogP contribution in [0.15, 0.2) is 42.5 Å². The van der Waals surface area contributed by atoms with Gasteiger partial charge in [0.15, 0.2) is 0 Å². The number of H-pyrrole nitrogens is 1. The van der Waals surface area contributed by atoms with Gasteiger partial charge in [-0.15, -0.1) is 0 Å². The third-order valence-corrected chi connectivity index (χ3v) is 7.88. The minimum absolute atomic E-state index is 0.0464. The molecule has 2 aromatic carbocycles. The van der Waals surface area contributed by atoms with Crippen LogP contribution in [-0.4, -0.2) is 58.2 Å². The number of aromatic amines is 1. The molecular formula is C28H27ClFN5O3. The van der Waals surface area contributed by atoms with Crippen LogP contribution in [0.25, 0.3) is 10.9 Å². The lowest BCUT2D eigenvalue weighted by Gasteiger charge is -2.33. The molecule has 2 N–H and O–H groups in total. The molecule has 38 heavy (non-hydrogen) atoms. The zero-order chi connectivity index (χ0) is 27.4. The van der Waals surface area contributed by atoms with Gasteiger partial charge in [0, 0.05) is 31.1 Å². The van der Waals surface area contributed by atoms with Crippen molar-refractivity contribution in [3.63, 3.8) is 0 Å². The summed E-state index contributed by atoms with van der Waals surface area (Å²) in [5.74, 6) is -1.58. The summed E-state index contributed by atoms with van der Waals surface area (Å²) >= 11 is 6.16. The van der Waals surface area contributed by atoms with Gasteiger partial charge in [-0.1, -0.05) is 43.6 Å². The highest BCUT2D eigenvalue weighted by Gasteiger charge is 2.56. The molecule has 0 bridgehead atoms. The van der Waals surface area contributed by atoms with E-state index in [1.807, 2.05) is 32.0 Å². The zero-order valence-electron chi connectivity index (χ0n) is 21.2. The van der Waals surface area contributed by atoms with Crippen LogP contribution in [0, 0.1) is 23.1 Å². The molecule has 2 aliphatic rings. The van der Waals surface area contributed by atoms with Crippen molar-refractivity contribution in [2.75, 3.05) is 18.9 Å². The van der Waals surface area contributed by atoms with Crippen LogP contribution in [0.1, 0.15) is 42.7 Å². The predicted octanol–water partition coefficient (Wildman–Crippen LogP) is 4.46. The van der Waals surface area contributed by atoms with Crippen LogP contribution < -0.4 is 5.32 Å². The molecule has 1 fully saturated rings. The molecule has 196 valence electrons. The number of carbonyl (C=O) groups is 3. The van der Waals surface area contributed by atoms with Crippen LogP contribution in [0.3, 0.4) is 0 Å². The van der Waals surface area contributed by atoms with Gasteiger partial charge in [-0.05, 0) is 42.2 Å². The predicted molar refractivity (Wildman–Crippen MR) is 141 cm³/mol.